The Balaban J connectivity index is 2.83. The number of nitrogens with zero attached hydrogens (tertiary/aromatic N) is 2. The highest BCUT2D eigenvalue weighted by Gasteiger charge is 2.37. The van der Waals surface area contributed by atoms with Crippen molar-refractivity contribution < 1.29 is 9.18 Å². The predicted octanol–water partition coefficient (Wildman–Crippen LogP) is 3.11. The average Bonchev–Trinajstić information content (AvgIpc) is 2.43. The summed E-state index contributed by atoms with van der Waals surface area (Å²) >= 11 is 0. The summed E-state index contributed by atoms with van der Waals surface area (Å²) in [5.41, 5.74) is -0.106. The molecule has 0 fully saturated rings. The first-order valence-electron chi connectivity index (χ1n) is 6.40. The van der Waals surface area contributed by atoms with Crippen LogP contribution in [0.25, 0.3) is 0 Å². The standard InChI is InChI=1S/C15H19FN2O/c1-4-15(5-2,11-17)14(19)18(3)10-12-6-8-13(16)9-7-12/h6-9H,4-5,10H2,1-3H3. The smallest absolute Gasteiger partial charge is 0.243 e. The van der Waals surface area contributed by atoms with Gasteiger partial charge < -0.3 is 4.90 Å². The van der Waals surface area contributed by atoms with Gasteiger partial charge in [0.1, 0.15) is 11.2 Å². The lowest BCUT2D eigenvalue weighted by atomic mass is 9.82. The van der Waals surface area contributed by atoms with Crippen LogP contribution in [-0.2, 0) is 11.3 Å². The first-order valence-corrected chi connectivity index (χ1v) is 6.40. The summed E-state index contributed by atoms with van der Waals surface area (Å²) < 4.78 is 12.8. The van der Waals surface area contributed by atoms with Gasteiger partial charge in [-0.1, -0.05) is 26.0 Å². The number of nitriles is 1. The second-order valence-corrected chi connectivity index (χ2v) is 4.69. The third-order valence-electron chi connectivity index (χ3n) is 3.51. The monoisotopic (exact) mass is 262 g/mol. The molecule has 19 heavy (non-hydrogen) atoms. The Morgan fingerprint density at radius 1 is 1.32 bits per heavy atom. The summed E-state index contributed by atoms with van der Waals surface area (Å²) in [4.78, 5) is 13.9. The molecule has 3 nitrogen and oxygen atoms in total. The van der Waals surface area contributed by atoms with Gasteiger partial charge in [0.25, 0.3) is 0 Å². The minimum Gasteiger partial charge on any atom is -0.340 e. The van der Waals surface area contributed by atoms with Gasteiger partial charge >= 0.3 is 0 Å². The van der Waals surface area contributed by atoms with E-state index in [1.165, 1.54) is 17.0 Å². The number of benzene rings is 1. The number of hydrogen-bond acceptors (Lipinski definition) is 2. The lowest BCUT2D eigenvalue weighted by molar-refractivity contribution is -0.138. The minimum atomic E-state index is -0.950. The summed E-state index contributed by atoms with van der Waals surface area (Å²) in [6.07, 6.45) is 0.985. The van der Waals surface area contributed by atoms with Crippen molar-refractivity contribution >= 4 is 5.91 Å². The molecule has 0 bridgehead atoms. The van der Waals surface area contributed by atoms with Gasteiger partial charge in [0, 0.05) is 13.6 Å². The Morgan fingerprint density at radius 2 is 1.84 bits per heavy atom. The first-order chi connectivity index (χ1) is 8.99. The molecule has 0 aliphatic heterocycles. The molecule has 0 aliphatic rings. The third kappa shape index (κ3) is 3.31. The van der Waals surface area contributed by atoms with Crippen LogP contribution in [0.2, 0.25) is 0 Å². The zero-order valence-corrected chi connectivity index (χ0v) is 11.6. The number of amides is 1. The van der Waals surface area contributed by atoms with E-state index in [1.54, 1.807) is 19.2 Å². The van der Waals surface area contributed by atoms with E-state index in [0.717, 1.165) is 5.56 Å². The molecule has 0 atom stereocenters. The molecule has 0 saturated heterocycles. The summed E-state index contributed by atoms with van der Waals surface area (Å²) in [5, 5.41) is 9.25. The number of carbonyl (C=O) groups excluding carboxylic acids is 1. The number of rotatable bonds is 5. The summed E-state index contributed by atoms with van der Waals surface area (Å²) in [6.45, 7) is 4.06. The van der Waals surface area contributed by atoms with Gasteiger partial charge in [0.05, 0.1) is 6.07 Å². The first kappa shape index (κ1) is 15.2. The molecule has 0 heterocycles. The van der Waals surface area contributed by atoms with Gasteiger partial charge in [-0.25, -0.2) is 4.39 Å². The van der Waals surface area contributed by atoms with Crippen LogP contribution in [0.1, 0.15) is 32.3 Å². The van der Waals surface area contributed by atoms with Crippen LogP contribution in [-0.4, -0.2) is 17.9 Å². The van der Waals surface area contributed by atoms with Gasteiger partial charge in [0.15, 0.2) is 0 Å². The predicted molar refractivity (Wildman–Crippen MR) is 71.5 cm³/mol. The van der Waals surface area contributed by atoms with E-state index in [2.05, 4.69) is 6.07 Å². The maximum Gasteiger partial charge on any atom is 0.243 e. The molecule has 0 saturated carbocycles. The number of carbonyl (C=O) groups is 1. The Labute approximate surface area is 113 Å². The van der Waals surface area contributed by atoms with Crippen LogP contribution in [0, 0.1) is 22.6 Å². The number of hydrogen-bond donors (Lipinski definition) is 0. The fraction of sp³-hybridized carbons (Fsp3) is 0.467. The molecular formula is C15H19FN2O. The van der Waals surface area contributed by atoms with Gasteiger partial charge in [-0.15, -0.1) is 0 Å². The van der Waals surface area contributed by atoms with Crippen LogP contribution < -0.4 is 0 Å². The quantitative estimate of drug-likeness (QED) is 0.818. The lowest BCUT2D eigenvalue weighted by Crippen LogP contribution is -2.40. The maximum absolute atomic E-state index is 12.8. The molecule has 0 unspecified atom stereocenters. The molecule has 1 rings (SSSR count). The van der Waals surface area contributed by atoms with Crippen molar-refractivity contribution in [2.24, 2.45) is 5.41 Å². The lowest BCUT2D eigenvalue weighted by Gasteiger charge is -2.28. The minimum absolute atomic E-state index is 0.177. The van der Waals surface area contributed by atoms with Crippen molar-refractivity contribution in [2.45, 2.75) is 33.2 Å². The molecule has 102 valence electrons. The van der Waals surface area contributed by atoms with Crippen LogP contribution in [0.5, 0.6) is 0 Å². The van der Waals surface area contributed by atoms with E-state index in [1.807, 2.05) is 13.8 Å². The highest BCUT2D eigenvalue weighted by Crippen LogP contribution is 2.28. The summed E-state index contributed by atoms with van der Waals surface area (Å²) in [7, 11) is 1.67. The fourth-order valence-electron chi connectivity index (χ4n) is 2.06. The van der Waals surface area contributed by atoms with Crippen molar-refractivity contribution in [3.8, 4) is 6.07 Å². The molecule has 0 aromatic heterocycles. The second kappa shape index (κ2) is 6.33. The van der Waals surface area contributed by atoms with Gasteiger partial charge in [-0.2, -0.15) is 5.26 Å². The normalized spacial score (nSPS) is 10.9. The highest BCUT2D eigenvalue weighted by atomic mass is 19.1. The van der Waals surface area contributed by atoms with E-state index in [0.29, 0.717) is 19.4 Å². The zero-order chi connectivity index (χ0) is 14.5. The highest BCUT2D eigenvalue weighted by molar-refractivity contribution is 5.85. The molecule has 1 amide bonds. The average molecular weight is 262 g/mol. The van der Waals surface area contributed by atoms with Gasteiger partial charge in [0.2, 0.25) is 5.91 Å². The van der Waals surface area contributed by atoms with Crippen molar-refractivity contribution in [3.63, 3.8) is 0 Å². The second-order valence-electron chi connectivity index (χ2n) is 4.69. The van der Waals surface area contributed by atoms with Crippen LogP contribution in [0.4, 0.5) is 4.39 Å². The van der Waals surface area contributed by atoms with Crippen LogP contribution >= 0.6 is 0 Å². The fourth-order valence-corrected chi connectivity index (χ4v) is 2.06. The largest absolute Gasteiger partial charge is 0.340 e. The summed E-state index contributed by atoms with van der Waals surface area (Å²) in [6, 6.07) is 8.16. The number of halogens is 1. The molecule has 0 N–H and O–H groups in total. The van der Waals surface area contributed by atoms with E-state index in [4.69, 9.17) is 0 Å². The van der Waals surface area contributed by atoms with Crippen molar-refractivity contribution in [3.05, 3.63) is 35.6 Å². The van der Waals surface area contributed by atoms with E-state index in [-0.39, 0.29) is 11.7 Å². The Morgan fingerprint density at radius 3 is 2.26 bits per heavy atom. The van der Waals surface area contributed by atoms with Gasteiger partial charge in [-0.3, -0.25) is 4.79 Å². The van der Waals surface area contributed by atoms with E-state index < -0.39 is 5.41 Å². The SMILES string of the molecule is CCC(C#N)(CC)C(=O)N(C)Cc1ccc(F)cc1. The Bertz CT molecular complexity index is 472. The summed E-state index contributed by atoms with van der Waals surface area (Å²) in [5.74, 6) is -0.476. The molecule has 1 aromatic carbocycles. The topological polar surface area (TPSA) is 44.1 Å². The molecule has 0 radical (unpaired) electrons. The van der Waals surface area contributed by atoms with Crippen LogP contribution in [0.15, 0.2) is 24.3 Å². The molecule has 0 aliphatic carbocycles. The Kier molecular flexibility index (Phi) is 5.05. The maximum atomic E-state index is 12.8. The molecule has 4 heteroatoms. The molecule has 1 aromatic rings. The Hall–Kier alpha value is -1.89. The molecule has 0 spiro atoms. The van der Waals surface area contributed by atoms with Gasteiger partial charge in [-0.05, 0) is 30.5 Å². The van der Waals surface area contributed by atoms with Crippen LogP contribution in [0.3, 0.4) is 0 Å². The zero-order valence-electron chi connectivity index (χ0n) is 11.6. The van der Waals surface area contributed by atoms with Crippen molar-refractivity contribution in [2.75, 3.05) is 7.05 Å². The molecular weight excluding hydrogens is 243 g/mol. The van der Waals surface area contributed by atoms with E-state index in [9.17, 15) is 14.4 Å². The third-order valence-corrected chi connectivity index (χ3v) is 3.51. The van der Waals surface area contributed by atoms with Crippen molar-refractivity contribution in [1.29, 1.82) is 5.26 Å². The van der Waals surface area contributed by atoms with E-state index >= 15 is 0 Å². The van der Waals surface area contributed by atoms with Crippen molar-refractivity contribution in [1.82, 2.24) is 4.90 Å².